The van der Waals surface area contributed by atoms with E-state index in [9.17, 15) is 5.11 Å². The van der Waals surface area contributed by atoms with Crippen molar-refractivity contribution in [2.75, 3.05) is 18.5 Å². The molecule has 0 fully saturated rings. The Morgan fingerprint density at radius 1 is 1.26 bits per heavy atom. The zero-order valence-electron chi connectivity index (χ0n) is 12.8. The van der Waals surface area contributed by atoms with E-state index in [1.807, 2.05) is 25.2 Å². The lowest BCUT2D eigenvalue weighted by atomic mass is 9.96. The number of halogens is 1. The third-order valence-corrected chi connectivity index (χ3v) is 4.40. The molecule has 0 saturated carbocycles. The highest BCUT2D eigenvalue weighted by atomic mass is 79.9. The van der Waals surface area contributed by atoms with E-state index in [0.29, 0.717) is 13.0 Å². The summed E-state index contributed by atoms with van der Waals surface area (Å²) in [5.74, 6) is 0.954. The van der Waals surface area contributed by atoms with Crippen LogP contribution in [0.25, 0.3) is 11.0 Å². The third-order valence-electron chi connectivity index (χ3n) is 3.84. The van der Waals surface area contributed by atoms with Gasteiger partial charge in [-0.3, -0.25) is 0 Å². The van der Waals surface area contributed by atoms with Gasteiger partial charge >= 0.3 is 0 Å². The Labute approximate surface area is 142 Å². The monoisotopic (exact) mass is 375 g/mol. The molecule has 0 aliphatic heterocycles. The average molecular weight is 376 g/mol. The van der Waals surface area contributed by atoms with Gasteiger partial charge in [-0.2, -0.15) is 5.10 Å². The molecule has 2 aromatic heterocycles. The fraction of sp³-hybridized carbons (Fsp3) is 0.312. The molecule has 2 N–H and O–H groups in total. The second-order valence-electron chi connectivity index (χ2n) is 5.34. The molecule has 0 spiro atoms. The number of hydrogen-bond donors (Lipinski definition) is 2. The van der Waals surface area contributed by atoms with Crippen molar-refractivity contribution in [2.24, 2.45) is 7.05 Å². The van der Waals surface area contributed by atoms with Crippen molar-refractivity contribution >= 4 is 32.8 Å². The highest BCUT2D eigenvalue weighted by Gasteiger charge is 2.15. The standard InChI is InChI=1S/C16H18BrN5O/c1-22-16-13(14(17)21-22)15(19-10-20-16)18-9-12(7-8-23)11-5-3-2-4-6-11/h2-6,10,12,23H,7-9H2,1H3,(H,18,19,20). The Hall–Kier alpha value is -1.99. The molecule has 1 unspecified atom stereocenters. The van der Waals surface area contributed by atoms with E-state index >= 15 is 0 Å². The van der Waals surface area contributed by atoms with Crippen LogP contribution in [0.15, 0.2) is 41.3 Å². The van der Waals surface area contributed by atoms with Gasteiger partial charge in [-0.1, -0.05) is 30.3 Å². The number of aromatic nitrogens is 4. The van der Waals surface area contributed by atoms with E-state index < -0.39 is 0 Å². The van der Waals surface area contributed by atoms with Crippen molar-refractivity contribution in [3.63, 3.8) is 0 Å². The number of aliphatic hydroxyl groups excluding tert-OH is 1. The van der Waals surface area contributed by atoms with Crippen LogP contribution in [-0.4, -0.2) is 38.0 Å². The quantitative estimate of drug-likeness (QED) is 0.692. The van der Waals surface area contributed by atoms with Gasteiger partial charge in [0.25, 0.3) is 0 Å². The summed E-state index contributed by atoms with van der Waals surface area (Å²) in [6, 6.07) is 10.2. The lowest BCUT2D eigenvalue weighted by Crippen LogP contribution is -2.15. The number of nitrogens with zero attached hydrogens (tertiary/aromatic N) is 4. The maximum absolute atomic E-state index is 9.34. The summed E-state index contributed by atoms with van der Waals surface area (Å²) >= 11 is 3.46. The topological polar surface area (TPSA) is 75.9 Å². The summed E-state index contributed by atoms with van der Waals surface area (Å²) in [5, 5.41) is 17.9. The molecule has 3 rings (SSSR count). The fourth-order valence-corrected chi connectivity index (χ4v) is 3.27. The molecule has 0 saturated heterocycles. The van der Waals surface area contributed by atoms with Gasteiger partial charge in [-0.25, -0.2) is 14.6 Å². The van der Waals surface area contributed by atoms with Gasteiger partial charge in [-0.15, -0.1) is 0 Å². The first kappa shape index (κ1) is 15.9. The average Bonchev–Trinajstić information content (AvgIpc) is 2.87. The number of rotatable bonds is 6. The largest absolute Gasteiger partial charge is 0.396 e. The minimum Gasteiger partial charge on any atom is -0.396 e. The Morgan fingerprint density at radius 3 is 2.78 bits per heavy atom. The smallest absolute Gasteiger partial charge is 0.164 e. The molecule has 0 amide bonds. The molecule has 1 aromatic carbocycles. The van der Waals surface area contributed by atoms with Gasteiger partial charge in [0.1, 0.15) is 16.7 Å². The molecule has 0 aliphatic carbocycles. The molecular formula is C16H18BrN5O. The molecule has 7 heteroatoms. The Morgan fingerprint density at radius 2 is 2.04 bits per heavy atom. The van der Waals surface area contributed by atoms with Crippen LogP contribution in [0.1, 0.15) is 17.9 Å². The molecule has 23 heavy (non-hydrogen) atoms. The first-order valence-corrected chi connectivity index (χ1v) is 8.23. The second kappa shape index (κ2) is 7.06. The van der Waals surface area contributed by atoms with E-state index in [4.69, 9.17) is 0 Å². The van der Waals surface area contributed by atoms with Crippen molar-refractivity contribution in [3.05, 3.63) is 46.8 Å². The van der Waals surface area contributed by atoms with E-state index in [1.54, 1.807) is 4.68 Å². The van der Waals surface area contributed by atoms with Crippen LogP contribution >= 0.6 is 15.9 Å². The second-order valence-corrected chi connectivity index (χ2v) is 6.09. The maximum Gasteiger partial charge on any atom is 0.164 e. The van der Waals surface area contributed by atoms with Gasteiger partial charge < -0.3 is 10.4 Å². The Bertz CT molecular complexity index is 790. The van der Waals surface area contributed by atoms with Crippen LogP contribution in [0.2, 0.25) is 0 Å². The molecule has 6 nitrogen and oxygen atoms in total. The van der Waals surface area contributed by atoms with Gasteiger partial charge in [0.05, 0.1) is 5.39 Å². The zero-order chi connectivity index (χ0) is 16.2. The number of hydrogen-bond acceptors (Lipinski definition) is 5. The van der Waals surface area contributed by atoms with Gasteiger partial charge in [0, 0.05) is 26.1 Å². The normalized spacial score (nSPS) is 12.5. The van der Waals surface area contributed by atoms with Crippen molar-refractivity contribution in [1.29, 1.82) is 0 Å². The number of nitrogens with one attached hydrogen (secondary N) is 1. The van der Waals surface area contributed by atoms with E-state index in [2.05, 4.69) is 48.4 Å². The van der Waals surface area contributed by atoms with Crippen molar-refractivity contribution < 1.29 is 5.11 Å². The minimum atomic E-state index is 0.150. The number of fused-ring (bicyclic) bond motifs is 1. The summed E-state index contributed by atoms with van der Waals surface area (Å²) in [4.78, 5) is 8.60. The van der Waals surface area contributed by atoms with Crippen LogP contribution in [0.5, 0.6) is 0 Å². The zero-order valence-corrected chi connectivity index (χ0v) is 14.4. The summed E-state index contributed by atoms with van der Waals surface area (Å²) < 4.78 is 2.44. The molecule has 3 aromatic rings. The number of aliphatic hydroxyl groups is 1. The van der Waals surface area contributed by atoms with Crippen LogP contribution in [-0.2, 0) is 7.05 Å². The third kappa shape index (κ3) is 3.35. The highest BCUT2D eigenvalue weighted by molar-refractivity contribution is 9.10. The first-order chi connectivity index (χ1) is 11.2. The Kier molecular flexibility index (Phi) is 4.88. The molecule has 120 valence electrons. The van der Waals surface area contributed by atoms with Crippen molar-refractivity contribution in [1.82, 2.24) is 19.7 Å². The summed E-state index contributed by atoms with van der Waals surface area (Å²) in [7, 11) is 1.85. The predicted molar refractivity (Wildman–Crippen MR) is 93.4 cm³/mol. The van der Waals surface area contributed by atoms with E-state index in [0.717, 1.165) is 21.5 Å². The summed E-state index contributed by atoms with van der Waals surface area (Å²) in [6.07, 6.45) is 2.22. The van der Waals surface area contributed by atoms with Crippen LogP contribution in [0, 0.1) is 0 Å². The fourth-order valence-electron chi connectivity index (χ4n) is 2.66. The molecule has 1 atom stereocenters. The lowest BCUT2D eigenvalue weighted by Gasteiger charge is -2.17. The molecule has 0 radical (unpaired) electrons. The number of anilines is 1. The van der Waals surface area contributed by atoms with Crippen LogP contribution in [0.4, 0.5) is 5.82 Å². The SMILES string of the molecule is Cn1nc(Br)c2c(NCC(CCO)c3ccccc3)ncnc21. The summed E-state index contributed by atoms with van der Waals surface area (Å²) in [6.45, 7) is 0.828. The van der Waals surface area contributed by atoms with Crippen molar-refractivity contribution in [3.8, 4) is 0 Å². The minimum absolute atomic E-state index is 0.150. The number of aryl methyl sites for hydroxylation is 1. The van der Waals surface area contributed by atoms with Crippen LogP contribution < -0.4 is 5.32 Å². The molecular weight excluding hydrogens is 358 g/mol. The maximum atomic E-state index is 9.34. The molecule has 0 aliphatic rings. The van der Waals surface area contributed by atoms with Gasteiger partial charge in [0.2, 0.25) is 0 Å². The van der Waals surface area contributed by atoms with Crippen molar-refractivity contribution in [2.45, 2.75) is 12.3 Å². The van der Waals surface area contributed by atoms with Gasteiger partial charge in [-0.05, 0) is 27.9 Å². The summed E-state index contributed by atoms with van der Waals surface area (Å²) in [5.41, 5.74) is 1.97. The molecule has 2 heterocycles. The highest BCUT2D eigenvalue weighted by Crippen LogP contribution is 2.28. The van der Waals surface area contributed by atoms with Gasteiger partial charge in [0.15, 0.2) is 5.65 Å². The first-order valence-electron chi connectivity index (χ1n) is 7.43. The Balaban J connectivity index is 1.84. The predicted octanol–water partition coefficient (Wildman–Crippen LogP) is 2.70. The van der Waals surface area contributed by atoms with E-state index in [1.165, 1.54) is 11.9 Å². The lowest BCUT2D eigenvalue weighted by molar-refractivity contribution is 0.277. The number of benzene rings is 1. The van der Waals surface area contributed by atoms with E-state index in [-0.39, 0.29) is 12.5 Å². The van der Waals surface area contributed by atoms with Crippen LogP contribution in [0.3, 0.4) is 0 Å². The molecule has 0 bridgehead atoms.